The molecular formula is C13H24ClN3O. The van der Waals surface area contributed by atoms with Crippen molar-refractivity contribution in [1.29, 1.82) is 0 Å². The molecule has 0 saturated carbocycles. The van der Waals surface area contributed by atoms with Crippen molar-refractivity contribution in [2.24, 2.45) is 0 Å². The van der Waals surface area contributed by atoms with Gasteiger partial charge in [-0.3, -0.25) is 9.69 Å². The highest BCUT2D eigenvalue weighted by Gasteiger charge is 2.20. The van der Waals surface area contributed by atoms with Crippen LogP contribution in [0.4, 0.5) is 0 Å². The number of carbonyl (C=O) groups is 1. The molecule has 1 aliphatic heterocycles. The summed E-state index contributed by atoms with van der Waals surface area (Å²) in [6.07, 6.45) is 3.50. The summed E-state index contributed by atoms with van der Waals surface area (Å²) >= 11 is 0. The number of carbonyl (C=O) groups excluding carboxylic acids is 1. The number of hydrogen-bond acceptors (Lipinski definition) is 3. The third-order valence-corrected chi connectivity index (χ3v) is 2.86. The van der Waals surface area contributed by atoms with E-state index < -0.39 is 0 Å². The van der Waals surface area contributed by atoms with Crippen LogP contribution in [0.15, 0.2) is 25.3 Å². The van der Waals surface area contributed by atoms with Crippen LogP contribution >= 0.6 is 12.4 Å². The summed E-state index contributed by atoms with van der Waals surface area (Å²) in [7, 11) is 0. The van der Waals surface area contributed by atoms with Gasteiger partial charge in [-0.2, -0.15) is 0 Å². The quantitative estimate of drug-likeness (QED) is 0.731. The van der Waals surface area contributed by atoms with Gasteiger partial charge in [-0.15, -0.1) is 25.6 Å². The first-order valence-electron chi connectivity index (χ1n) is 6.12. The minimum absolute atomic E-state index is 0. The van der Waals surface area contributed by atoms with E-state index in [4.69, 9.17) is 0 Å². The molecule has 0 aromatic rings. The molecule has 0 aromatic carbocycles. The fraction of sp³-hybridized carbons (Fsp3) is 0.615. The van der Waals surface area contributed by atoms with Crippen LogP contribution in [-0.2, 0) is 4.79 Å². The van der Waals surface area contributed by atoms with E-state index in [0.717, 1.165) is 19.6 Å². The van der Waals surface area contributed by atoms with Crippen molar-refractivity contribution in [2.45, 2.75) is 13.0 Å². The Kier molecular flexibility index (Phi) is 8.71. The second-order valence-electron chi connectivity index (χ2n) is 4.47. The van der Waals surface area contributed by atoms with E-state index in [-0.39, 0.29) is 18.3 Å². The summed E-state index contributed by atoms with van der Waals surface area (Å²) < 4.78 is 0. The molecule has 1 aliphatic rings. The lowest BCUT2D eigenvalue weighted by Crippen LogP contribution is -2.52. The molecule has 1 rings (SSSR count). The molecule has 1 saturated heterocycles. The van der Waals surface area contributed by atoms with Gasteiger partial charge in [0, 0.05) is 38.8 Å². The molecule has 0 radical (unpaired) electrons. The first kappa shape index (κ1) is 17.2. The molecular weight excluding hydrogens is 250 g/mol. The Morgan fingerprint density at radius 2 is 2.06 bits per heavy atom. The molecule has 1 fully saturated rings. The van der Waals surface area contributed by atoms with Gasteiger partial charge in [0.1, 0.15) is 0 Å². The van der Waals surface area contributed by atoms with Crippen LogP contribution in [0.3, 0.4) is 0 Å². The normalized spacial score (nSPS) is 19.7. The number of rotatable bonds is 6. The number of hydrogen-bond donors (Lipinski definition) is 1. The lowest BCUT2D eigenvalue weighted by Gasteiger charge is -2.32. The predicted molar refractivity (Wildman–Crippen MR) is 78.1 cm³/mol. The van der Waals surface area contributed by atoms with E-state index in [1.807, 2.05) is 0 Å². The number of amides is 1. The smallest absolute Gasteiger partial charge is 0.237 e. The molecule has 1 unspecified atom stereocenters. The molecule has 1 N–H and O–H groups in total. The van der Waals surface area contributed by atoms with Crippen LogP contribution in [0.2, 0.25) is 0 Å². The molecule has 5 heteroatoms. The van der Waals surface area contributed by atoms with Crippen molar-refractivity contribution in [2.75, 3.05) is 39.3 Å². The van der Waals surface area contributed by atoms with Crippen molar-refractivity contribution in [3.63, 3.8) is 0 Å². The van der Waals surface area contributed by atoms with E-state index in [1.54, 1.807) is 17.1 Å². The third kappa shape index (κ3) is 5.67. The number of nitrogens with one attached hydrogen (secondary N) is 1. The lowest BCUT2D eigenvalue weighted by molar-refractivity contribution is -0.131. The Bertz CT molecular complexity index is 273. The minimum Gasteiger partial charge on any atom is -0.334 e. The van der Waals surface area contributed by atoms with Crippen molar-refractivity contribution in [3.8, 4) is 0 Å². The maximum Gasteiger partial charge on any atom is 0.237 e. The number of nitrogens with zero attached hydrogens (tertiary/aromatic N) is 2. The number of piperazine rings is 1. The van der Waals surface area contributed by atoms with Gasteiger partial charge in [-0.05, 0) is 6.92 Å². The molecule has 1 amide bonds. The molecule has 0 aromatic heterocycles. The van der Waals surface area contributed by atoms with Crippen LogP contribution in [-0.4, -0.2) is 61.0 Å². The summed E-state index contributed by atoms with van der Waals surface area (Å²) in [5.74, 6) is 0.152. The monoisotopic (exact) mass is 273 g/mol. The van der Waals surface area contributed by atoms with E-state index in [2.05, 4.69) is 30.3 Å². The second-order valence-corrected chi connectivity index (χ2v) is 4.47. The topological polar surface area (TPSA) is 35.6 Å². The molecule has 0 aliphatic carbocycles. The zero-order chi connectivity index (χ0) is 12.7. The van der Waals surface area contributed by atoms with Gasteiger partial charge >= 0.3 is 0 Å². The fourth-order valence-corrected chi connectivity index (χ4v) is 2.04. The summed E-state index contributed by atoms with van der Waals surface area (Å²) in [6.45, 7) is 14.0. The third-order valence-electron chi connectivity index (χ3n) is 2.86. The zero-order valence-corrected chi connectivity index (χ0v) is 11.9. The van der Waals surface area contributed by atoms with Crippen LogP contribution in [0, 0.1) is 0 Å². The summed E-state index contributed by atoms with van der Waals surface area (Å²) in [5.41, 5.74) is 0. The highest BCUT2D eigenvalue weighted by Crippen LogP contribution is 2.00. The first-order chi connectivity index (χ1) is 8.17. The standard InChI is InChI=1S/C13H23N3O.ClH/c1-4-7-16(8-5-2)13(17)11-15-9-6-14-12(3)10-15;/h4-5,12,14H,1-2,6-11H2,3H3;1H. The molecule has 1 atom stereocenters. The summed E-state index contributed by atoms with van der Waals surface area (Å²) in [4.78, 5) is 16.0. The van der Waals surface area contributed by atoms with Crippen molar-refractivity contribution in [1.82, 2.24) is 15.1 Å². The first-order valence-corrected chi connectivity index (χ1v) is 6.12. The average molecular weight is 274 g/mol. The molecule has 18 heavy (non-hydrogen) atoms. The van der Waals surface area contributed by atoms with E-state index >= 15 is 0 Å². The van der Waals surface area contributed by atoms with Crippen LogP contribution < -0.4 is 5.32 Å². The van der Waals surface area contributed by atoms with Crippen LogP contribution in [0.5, 0.6) is 0 Å². The molecule has 1 heterocycles. The van der Waals surface area contributed by atoms with Crippen molar-refractivity contribution < 1.29 is 4.79 Å². The molecule has 104 valence electrons. The molecule has 0 spiro atoms. The Morgan fingerprint density at radius 3 is 2.56 bits per heavy atom. The Morgan fingerprint density at radius 1 is 1.44 bits per heavy atom. The summed E-state index contributed by atoms with van der Waals surface area (Å²) in [6, 6.07) is 0.462. The lowest BCUT2D eigenvalue weighted by atomic mass is 10.2. The minimum atomic E-state index is 0. The predicted octanol–water partition coefficient (Wildman–Crippen LogP) is 0.903. The van der Waals surface area contributed by atoms with Crippen LogP contribution in [0.25, 0.3) is 0 Å². The second kappa shape index (κ2) is 9.14. The highest BCUT2D eigenvalue weighted by molar-refractivity contribution is 5.85. The fourth-order valence-electron chi connectivity index (χ4n) is 2.04. The van der Waals surface area contributed by atoms with Gasteiger partial charge in [0.15, 0.2) is 0 Å². The Balaban J connectivity index is 0.00000289. The number of halogens is 1. The van der Waals surface area contributed by atoms with Crippen molar-refractivity contribution in [3.05, 3.63) is 25.3 Å². The van der Waals surface area contributed by atoms with Gasteiger partial charge in [-0.25, -0.2) is 0 Å². The molecule has 4 nitrogen and oxygen atoms in total. The maximum atomic E-state index is 12.1. The maximum absolute atomic E-state index is 12.1. The molecule has 0 bridgehead atoms. The summed E-state index contributed by atoms with van der Waals surface area (Å²) in [5, 5.41) is 3.37. The Labute approximate surface area is 116 Å². The van der Waals surface area contributed by atoms with Crippen molar-refractivity contribution >= 4 is 18.3 Å². The highest BCUT2D eigenvalue weighted by atomic mass is 35.5. The van der Waals surface area contributed by atoms with E-state index in [9.17, 15) is 4.79 Å². The van der Waals surface area contributed by atoms with Gasteiger partial charge in [0.2, 0.25) is 5.91 Å². The van der Waals surface area contributed by atoms with Gasteiger partial charge in [-0.1, -0.05) is 12.2 Å². The zero-order valence-electron chi connectivity index (χ0n) is 11.1. The Hall–Kier alpha value is -0.840. The van der Waals surface area contributed by atoms with E-state index in [0.29, 0.717) is 25.7 Å². The van der Waals surface area contributed by atoms with Gasteiger partial charge in [0.05, 0.1) is 6.54 Å². The largest absolute Gasteiger partial charge is 0.334 e. The van der Waals surface area contributed by atoms with Gasteiger partial charge < -0.3 is 10.2 Å². The van der Waals surface area contributed by atoms with Gasteiger partial charge in [0.25, 0.3) is 0 Å². The SMILES string of the molecule is C=CCN(CC=C)C(=O)CN1CCNC(C)C1.Cl. The van der Waals surface area contributed by atoms with Crippen LogP contribution in [0.1, 0.15) is 6.92 Å². The van der Waals surface area contributed by atoms with E-state index in [1.165, 1.54) is 0 Å². The average Bonchev–Trinajstić information content (AvgIpc) is 2.28.